The van der Waals surface area contributed by atoms with Crippen LogP contribution in [0.5, 0.6) is 5.75 Å². The number of carbonyl (C=O) groups is 1. The summed E-state index contributed by atoms with van der Waals surface area (Å²) in [7, 11) is 0. The molecule has 134 valence electrons. The first-order valence-electron chi connectivity index (χ1n) is 8.41. The largest absolute Gasteiger partial charge is 0.489 e. The first-order chi connectivity index (χ1) is 12.6. The summed E-state index contributed by atoms with van der Waals surface area (Å²) in [6, 6.07) is 14.6. The summed E-state index contributed by atoms with van der Waals surface area (Å²) >= 11 is 5.86. The van der Waals surface area contributed by atoms with Crippen molar-refractivity contribution in [1.29, 1.82) is 0 Å². The Kier molecular flexibility index (Phi) is 5.92. The summed E-state index contributed by atoms with van der Waals surface area (Å²) in [5, 5.41) is 7.78. The van der Waals surface area contributed by atoms with E-state index < -0.39 is 0 Å². The van der Waals surface area contributed by atoms with Gasteiger partial charge < -0.3 is 10.1 Å². The molecule has 1 amide bonds. The third-order valence-electron chi connectivity index (χ3n) is 3.87. The van der Waals surface area contributed by atoms with Crippen molar-refractivity contribution in [1.82, 2.24) is 15.1 Å². The smallest absolute Gasteiger partial charge is 0.251 e. The molecule has 3 rings (SSSR count). The van der Waals surface area contributed by atoms with Crippen LogP contribution in [0.25, 0.3) is 0 Å². The Morgan fingerprint density at radius 3 is 2.73 bits per heavy atom. The number of hydrogen-bond acceptors (Lipinski definition) is 3. The molecule has 6 heteroatoms. The Labute approximate surface area is 157 Å². The highest BCUT2D eigenvalue weighted by molar-refractivity contribution is 6.30. The summed E-state index contributed by atoms with van der Waals surface area (Å²) in [5.41, 5.74) is 2.50. The van der Waals surface area contributed by atoms with E-state index in [1.807, 2.05) is 48.1 Å². The van der Waals surface area contributed by atoms with Crippen LogP contribution in [0, 0.1) is 0 Å². The van der Waals surface area contributed by atoms with Gasteiger partial charge in [-0.05, 0) is 48.9 Å². The number of carbonyl (C=O) groups excluding carboxylic acids is 1. The SMILES string of the molecule is CCn1cc(CNC(=O)c2cccc(COc3ccc(Cl)cc3)c2)cn1. The average molecular weight is 370 g/mol. The number of aryl methyl sites for hydroxylation is 1. The van der Waals surface area contributed by atoms with Gasteiger partial charge in [-0.2, -0.15) is 5.10 Å². The average Bonchev–Trinajstić information content (AvgIpc) is 3.14. The van der Waals surface area contributed by atoms with Crippen molar-refractivity contribution >= 4 is 17.5 Å². The molecule has 0 saturated carbocycles. The van der Waals surface area contributed by atoms with Crippen LogP contribution in [0.4, 0.5) is 0 Å². The molecular weight excluding hydrogens is 350 g/mol. The fourth-order valence-corrected chi connectivity index (χ4v) is 2.58. The van der Waals surface area contributed by atoms with Gasteiger partial charge in [-0.3, -0.25) is 9.48 Å². The molecule has 0 unspecified atom stereocenters. The van der Waals surface area contributed by atoms with Gasteiger partial charge in [-0.1, -0.05) is 23.7 Å². The second kappa shape index (κ2) is 8.54. The van der Waals surface area contributed by atoms with E-state index in [4.69, 9.17) is 16.3 Å². The van der Waals surface area contributed by atoms with Crippen molar-refractivity contribution in [3.05, 3.63) is 82.6 Å². The van der Waals surface area contributed by atoms with Gasteiger partial charge in [0.1, 0.15) is 12.4 Å². The number of halogens is 1. The van der Waals surface area contributed by atoms with Gasteiger partial charge in [0.25, 0.3) is 5.91 Å². The lowest BCUT2D eigenvalue weighted by Gasteiger charge is -2.08. The van der Waals surface area contributed by atoms with E-state index in [-0.39, 0.29) is 5.91 Å². The van der Waals surface area contributed by atoms with Gasteiger partial charge in [-0.25, -0.2) is 0 Å². The van der Waals surface area contributed by atoms with Crippen molar-refractivity contribution < 1.29 is 9.53 Å². The standard InChI is InChI=1S/C20H20ClN3O2/c1-2-24-13-16(12-23-24)11-22-20(25)17-5-3-4-15(10-17)14-26-19-8-6-18(21)7-9-19/h3-10,12-13H,2,11,14H2,1H3,(H,22,25). The Hall–Kier alpha value is -2.79. The lowest BCUT2D eigenvalue weighted by atomic mass is 10.1. The molecule has 1 heterocycles. The Morgan fingerprint density at radius 1 is 1.19 bits per heavy atom. The minimum absolute atomic E-state index is 0.123. The number of ether oxygens (including phenoxy) is 1. The maximum Gasteiger partial charge on any atom is 0.251 e. The summed E-state index contributed by atoms with van der Waals surface area (Å²) in [5.74, 6) is 0.611. The number of benzene rings is 2. The van der Waals surface area contributed by atoms with Crippen LogP contribution in [0.15, 0.2) is 60.9 Å². The molecule has 0 aliphatic carbocycles. The molecule has 0 radical (unpaired) electrons. The van der Waals surface area contributed by atoms with Gasteiger partial charge in [0.15, 0.2) is 0 Å². The van der Waals surface area contributed by atoms with Crippen LogP contribution < -0.4 is 10.1 Å². The van der Waals surface area contributed by atoms with E-state index >= 15 is 0 Å². The van der Waals surface area contributed by atoms with Crippen LogP contribution in [0.3, 0.4) is 0 Å². The summed E-state index contributed by atoms with van der Waals surface area (Å²) in [6.07, 6.45) is 3.69. The maximum absolute atomic E-state index is 12.4. The van der Waals surface area contributed by atoms with Crippen molar-refractivity contribution in [2.75, 3.05) is 0 Å². The number of nitrogens with one attached hydrogen (secondary N) is 1. The van der Waals surface area contributed by atoms with Crippen molar-refractivity contribution in [3.8, 4) is 5.75 Å². The van der Waals surface area contributed by atoms with Gasteiger partial charge >= 0.3 is 0 Å². The second-order valence-electron chi connectivity index (χ2n) is 5.83. The molecule has 1 aromatic heterocycles. The molecule has 0 aliphatic heterocycles. The first-order valence-corrected chi connectivity index (χ1v) is 8.78. The van der Waals surface area contributed by atoms with Crippen molar-refractivity contribution in [3.63, 3.8) is 0 Å². The summed E-state index contributed by atoms with van der Waals surface area (Å²) in [6.45, 7) is 3.66. The predicted molar refractivity (Wildman–Crippen MR) is 101 cm³/mol. The monoisotopic (exact) mass is 369 g/mol. The predicted octanol–water partition coefficient (Wildman–Crippen LogP) is 4.07. The minimum Gasteiger partial charge on any atom is -0.489 e. The van der Waals surface area contributed by atoms with Crippen molar-refractivity contribution in [2.45, 2.75) is 26.6 Å². The van der Waals surface area contributed by atoms with Gasteiger partial charge in [0, 0.05) is 35.4 Å². The van der Waals surface area contributed by atoms with Gasteiger partial charge in [0.05, 0.1) is 6.20 Å². The second-order valence-corrected chi connectivity index (χ2v) is 6.27. The molecule has 26 heavy (non-hydrogen) atoms. The molecule has 3 aromatic rings. The highest BCUT2D eigenvalue weighted by atomic mass is 35.5. The maximum atomic E-state index is 12.4. The van der Waals surface area contributed by atoms with Gasteiger partial charge in [0.2, 0.25) is 0 Å². The molecular formula is C20H20ClN3O2. The number of rotatable bonds is 7. The quantitative estimate of drug-likeness (QED) is 0.683. The number of aromatic nitrogens is 2. The van der Waals surface area contributed by atoms with E-state index in [1.165, 1.54) is 0 Å². The Balaban J connectivity index is 1.57. The third kappa shape index (κ3) is 4.86. The fourth-order valence-electron chi connectivity index (χ4n) is 2.45. The summed E-state index contributed by atoms with van der Waals surface area (Å²) in [4.78, 5) is 12.4. The highest BCUT2D eigenvalue weighted by Gasteiger charge is 2.07. The fraction of sp³-hybridized carbons (Fsp3) is 0.200. The Bertz CT molecular complexity index is 875. The molecule has 0 saturated heterocycles. The minimum atomic E-state index is -0.123. The summed E-state index contributed by atoms with van der Waals surface area (Å²) < 4.78 is 7.55. The Morgan fingerprint density at radius 2 is 2.00 bits per heavy atom. The number of nitrogens with zero attached hydrogens (tertiary/aromatic N) is 2. The number of hydrogen-bond donors (Lipinski definition) is 1. The third-order valence-corrected chi connectivity index (χ3v) is 4.12. The molecule has 0 bridgehead atoms. The van der Waals surface area contributed by atoms with E-state index in [1.54, 1.807) is 24.4 Å². The zero-order valence-electron chi connectivity index (χ0n) is 14.5. The lowest BCUT2D eigenvalue weighted by Crippen LogP contribution is -2.22. The molecule has 0 atom stereocenters. The van der Waals surface area contributed by atoms with Crippen LogP contribution in [-0.4, -0.2) is 15.7 Å². The highest BCUT2D eigenvalue weighted by Crippen LogP contribution is 2.17. The normalized spacial score (nSPS) is 10.5. The number of amides is 1. The molecule has 0 aliphatic rings. The zero-order chi connectivity index (χ0) is 18.4. The van der Waals surface area contributed by atoms with E-state index in [0.29, 0.717) is 23.7 Å². The van der Waals surface area contributed by atoms with E-state index in [2.05, 4.69) is 10.4 Å². The zero-order valence-corrected chi connectivity index (χ0v) is 15.2. The van der Waals surface area contributed by atoms with Crippen molar-refractivity contribution in [2.24, 2.45) is 0 Å². The van der Waals surface area contributed by atoms with E-state index in [9.17, 15) is 4.79 Å². The first kappa shape index (κ1) is 18.0. The molecule has 2 aromatic carbocycles. The molecule has 0 fully saturated rings. The van der Waals surface area contributed by atoms with Crippen LogP contribution >= 0.6 is 11.6 Å². The van der Waals surface area contributed by atoms with E-state index in [0.717, 1.165) is 23.4 Å². The lowest BCUT2D eigenvalue weighted by molar-refractivity contribution is 0.0950. The van der Waals surface area contributed by atoms with Crippen LogP contribution in [0.1, 0.15) is 28.4 Å². The molecule has 0 spiro atoms. The topological polar surface area (TPSA) is 56.2 Å². The van der Waals surface area contributed by atoms with Crippen LogP contribution in [-0.2, 0) is 19.7 Å². The molecule has 1 N–H and O–H groups in total. The molecule has 5 nitrogen and oxygen atoms in total. The van der Waals surface area contributed by atoms with Gasteiger partial charge in [-0.15, -0.1) is 0 Å². The van der Waals surface area contributed by atoms with Crippen LogP contribution in [0.2, 0.25) is 5.02 Å².